The molecule has 0 spiro atoms. The Bertz CT molecular complexity index is 680. The first-order chi connectivity index (χ1) is 8.63. The van der Waals surface area contributed by atoms with Crippen LogP contribution in [0.4, 0.5) is 5.69 Å². The Morgan fingerprint density at radius 2 is 1.89 bits per heavy atom. The summed E-state index contributed by atoms with van der Waals surface area (Å²) in [6, 6.07) is 7.04. The Morgan fingerprint density at radius 1 is 1.11 bits per heavy atom. The minimum absolute atomic E-state index is 0.479. The van der Waals surface area contributed by atoms with Gasteiger partial charge in [-0.25, -0.2) is 4.98 Å². The largest absolute Gasteiger partial charge is 0.397 e. The average molecular weight is 279 g/mol. The van der Waals surface area contributed by atoms with Gasteiger partial charge in [0.05, 0.1) is 33.0 Å². The first kappa shape index (κ1) is 11.3. The van der Waals surface area contributed by atoms with Crippen LogP contribution in [0.25, 0.3) is 22.6 Å². The number of aromatic nitrogens is 3. The second-order valence-corrected chi connectivity index (χ2v) is 4.66. The lowest BCUT2D eigenvalue weighted by atomic mass is 10.3. The molecule has 0 aliphatic heterocycles. The molecule has 1 aromatic carbocycles. The number of hydrogen-bond acceptors (Lipinski definition) is 3. The molecule has 4 nitrogen and oxygen atoms in total. The lowest BCUT2D eigenvalue weighted by Gasteiger charge is -1.95. The Kier molecular flexibility index (Phi) is 2.61. The number of aromatic amines is 1. The molecule has 90 valence electrons. The van der Waals surface area contributed by atoms with Crippen molar-refractivity contribution in [1.29, 1.82) is 0 Å². The third-order valence-corrected chi connectivity index (χ3v) is 3.28. The summed E-state index contributed by atoms with van der Waals surface area (Å²) in [5.74, 6) is 0.656. The van der Waals surface area contributed by atoms with E-state index >= 15 is 0 Å². The summed E-state index contributed by atoms with van der Waals surface area (Å²) >= 11 is 11.9. The fourth-order valence-corrected chi connectivity index (χ4v) is 1.99. The number of H-pyrrole nitrogens is 1. The summed E-state index contributed by atoms with van der Waals surface area (Å²) in [7, 11) is 0. The van der Waals surface area contributed by atoms with Gasteiger partial charge in [0.2, 0.25) is 0 Å². The van der Waals surface area contributed by atoms with Crippen molar-refractivity contribution in [2.24, 2.45) is 0 Å². The quantitative estimate of drug-likeness (QED) is 0.716. The molecule has 2 heterocycles. The van der Waals surface area contributed by atoms with E-state index in [-0.39, 0.29) is 0 Å². The summed E-state index contributed by atoms with van der Waals surface area (Å²) in [4.78, 5) is 11.8. The molecule has 0 aliphatic carbocycles. The standard InChI is InChI=1S/C12H8Cl2N4/c13-7-3-10-11(4-8(7)14)18-12(17-10)9-2-1-6(15)5-16-9/h1-5H,15H2,(H,17,18). The molecule has 6 heteroatoms. The lowest BCUT2D eigenvalue weighted by molar-refractivity contribution is 1.24. The number of anilines is 1. The number of fused-ring (bicyclic) bond motifs is 1. The first-order valence-corrected chi connectivity index (χ1v) is 5.96. The fourth-order valence-electron chi connectivity index (χ4n) is 1.67. The highest BCUT2D eigenvalue weighted by Crippen LogP contribution is 2.28. The molecule has 0 saturated carbocycles. The van der Waals surface area contributed by atoms with E-state index in [9.17, 15) is 0 Å². The summed E-state index contributed by atoms with van der Waals surface area (Å²) in [6.07, 6.45) is 1.59. The van der Waals surface area contributed by atoms with E-state index < -0.39 is 0 Å². The normalized spacial score (nSPS) is 11.0. The number of nitrogen functional groups attached to an aromatic ring is 1. The highest BCUT2D eigenvalue weighted by atomic mass is 35.5. The van der Waals surface area contributed by atoms with Crippen LogP contribution in [-0.4, -0.2) is 15.0 Å². The van der Waals surface area contributed by atoms with Gasteiger partial charge in [0.25, 0.3) is 0 Å². The van der Waals surface area contributed by atoms with Gasteiger partial charge in [-0.15, -0.1) is 0 Å². The molecule has 0 amide bonds. The van der Waals surface area contributed by atoms with E-state index in [1.165, 1.54) is 0 Å². The van der Waals surface area contributed by atoms with E-state index in [1.807, 2.05) is 0 Å². The zero-order chi connectivity index (χ0) is 12.7. The molecule has 3 N–H and O–H groups in total. The zero-order valence-electron chi connectivity index (χ0n) is 9.11. The highest BCUT2D eigenvalue weighted by Gasteiger charge is 2.08. The summed E-state index contributed by atoms with van der Waals surface area (Å²) in [6.45, 7) is 0. The molecule has 0 bridgehead atoms. The van der Waals surface area contributed by atoms with Gasteiger partial charge in [0, 0.05) is 0 Å². The molecule has 2 aromatic heterocycles. The highest BCUT2D eigenvalue weighted by molar-refractivity contribution is 6.42. The van der Waals surface area contributed by atoms with E-state index in [2.05, 4.69) is 15.0 Å². The number of imidazole rings is 1. The Balaban J connectivity index is 2.16. The molecule has 0 saturated heterocycles. The third-order valence-electron chi connectivity index (χ3n) is 2.55. The molecule has 0 radical (unpaired) electrons. The van der Waals surface area contributed by atoms with Gasteiger partial charge in [-0.05, 0) is 24.3 Å². The van der Waals surface area contributed by atoms with Crippen molar-refractivity contribution in [3.8, 4) is 11.5 Å². The molecule has 3 aromatic rings. The van der Waals surface area contributed by atoms with Crippen LogP contribution in [0.5, 0.6) is 0 Å². The van der Waals surface area contributed by atoms with Gasteiger partial charge in [-0.2, -0.15) is 0 Å². The van der Waals surface area contributed by atoms with Crippen molar-refractivity contribution in [2.45, 2.75) is 0 Å². The van der Waals surface area contributed by atoms with Crippen LogP contribution in [0.1, 0.15) is 0 Å². The summed E-state index contributed by atoms with van der Waals surface area (Å²) < 4.78 is 0. The number of benzene rings is 1. The van der Waals surface area contributed by atoms with Crippen molar-refractivity contribution in [2.75, 3.05) is 5.73 Å². The molecule has 0 unspecified atom stereocenters. The maximum atomic E-state index is 5.95. The van der Waals surface area contributed by atoms with Crippen molar-refractivity contribution in [3.05, 3.63) is 40.5 Å². The Labute approximate surface area is 113 Å². The van der Waals surface area contributed by atoms with Crippen LogP contribution in [0.2, 0.25) is 10.0 Å². The van der Waals surface area contributed by atoms with Crippen LogP contribution in [0.15, 0.2) is 30.5 Å². The SMILES string of the molecule is Nc1ccc(-c2nc3cc(Cl)c(Cl)cc3[nH]2)nc1. The molecule has 0 atom stereocenters. The predicted octanol–water partition coefficient (Wildman–Crippen LogP) is 3.51. The maximum absolute atomic E-state index is 5.95. The molecular weight excluding hydrogens is 271 g/mol. The second kappa shape index (κ2) is 4.15. The van der Waals surface area contributed by atoms with Crippen LogP contribution in [0, 0.1) is 0 Å². The van der Waals surface area contributed by atoms with Crippen molar-refractivity contribution < 1.29 is 0 Å². The monoisotopic (exact) mass is 278 g/mol. The van der Waals surface area contributed by atoms with Gasteiger partial charge in [-0.3, -0.25) is 4.98 Å². The molecule has 18 heavy (non-hydrogen) atoms. The molecular formula is C12H8Cl2N4. The van der Waals surface area contributed by atoms with Gasteiger partial charge in [0.15, 0.2) is 5.82 Å². The van der Waals surface area contributed by atoms with E-state index in [0.717, 1.165) is 11.0 Å². The smallest absolute Gasteiger partial charge is 0.157 e. The number of hydrogen-bond donors (Lipinski definition) is 2. The van der Waals surface area contributed by atoms with Crippen molar-refractivity contribution >= 4 is 39.9 Å². The second-order valence-electron chi connectivity index (χ2n) is 3.85. The van der Waals surface area contributed by atoms with Crippen LogP contribution in [-0.2, 0) is 0 Å². The van der Waals surface area contributed by atoms with Crippen LogP contribution in [0.3, 0.4) is 0 Å². The number of halogens is 2. The minimum Gasteiger partial charge on any atom is -0.397 e. The van der Waals surface area contributed by atoms with E-state index in [0.29, 0.717) is 27.3 Å². The summed E-state index contributed by atoms with van der Waals surface area (Å²) in [5.41, 5.74) is 8.48. The Morgan fingerprint density at radius 3 is 2.61 bits per heavy atom. The van der Waals surface area contributed by atoms with Gasteiger partial charge in [0.1, 0.15) is 5.69 Å². The molecule has 0 fully saturated rings. The van der Waals surface area contributed by atoms with Gasteiger partial charge < -0.3 is 10.7 Å². The van der Waals surface area contributed by atoms with Crippen molar-refractivity contribution in [1.82, 2.24) is 15.0 Å². The van der Waals surface area contributed by atoms with Crippen molar-refractivity contribution in [3.63, 3.8) is 0 Å². The van der Waals surface area contributed by atoms with Crippen LogP contribution >= 0.6 is 23.2 Å². The number of pyridine rings is 1. The number of nitrogens with two attached hydrogens (primary N) is 1. The topological polar surface area (TPSA) is 67.6 Å². The minimum atomic E-state index is 0.479. The molecule has 0 aliphatic rings. The van der Waals surface area contributed by atoms with Gasteiger partial charge in [-0.1, -0.05) is 23.2 Å². The average Bonchev–Trinajstić information content (AvgIpc) is 2.73. The predicted molar refractivity (Wildman–Crippen MR) is 73.8 cm³/mol. The lowest BCUT2D eigenvalue weighted by Crippen LogP contribution is -1.89. The fraction of sp³-hybridized carbons (Fsp3) is 0. The maximum Gasteiger partial charge on any atom is 0.157 e. The first-order valence-electron chi connectivity index (χ1n) is 5.20. The zero-order valence-corrected chi connectivity index (χ0v) is 10.6. The Hall–Kier alpha value is -1.78. The van der Waals surface area contributed by atoms with Crippen LogP contribution < -0.4 is 5.73 Å². The number of nitrogens with zero attached hydrogens (tertiary/aromatic N) is 2. The van der Waals surface area contributed by atoms with Gasteiger partial charge >= 0.3 is 0 Å². The summed E-state index contributed by atoms with van der Waals surface area (Å²) in [5, 5.41) is 0.970. The van der Waals surface area contributed by atoms with E-state index in [4.69, 9.17) is 28.9 Å². The van der Waals surface area contributed by atoms with E-state index in [1.54, 1.807) is 30.5 Å². The number of rotatable bonds is 1. The number of nitrogens with one attached hydrogen (secondary N) is 1. The third kappa shape index (κ3) is 1.89. The molecule has 3 rings (SSSR count).